The third kappa shape index (κ3) is 3.16. The van der Waals surface area contributed by atoms with Crippen molar-refractivity contribution in [3.05, 3.63) is 23.8 Å². The van der Waals surface area contributed by atoms with Crippen molar-refractivity contribution in [3.8, 4) is 0 Å². The lowest BCUT2D eigenvalue weighted by molar-refractivity contribution is -0.0343. The summed E-state index contributed by atoms with van der Waals surface area (Å²) >= 11 is 0. The molecule has 2 aliphatic rings. The van der Waals surface area contributed by atoms with E-state index in [9.17, 15) is 0 Å². The van der Waals surface area contributed by atoms with Crippen LogP contribution in [0.2, 0.25) is 0 Å². The van der Waals surface area contributed by atoms with Gasteiger partial charge in [-0.05, 0) is 44.4 Å². The summed E-state index contributed by atoms with van der Waals surface area (Å²) in [6.45, 7) is 9.54. The van der Waals surface area contributed by atoms with Crippen LogP contribution < -0.4 is 10.6 Å². The number of benzene rings is 1. The second-order valence-corrected chi connectivity index (χ2v) is 6.48. The molecule has 0 bridgehead atoms. The van der Waals surface area contributed by atoms with Crippen LogP contribution >= 0.6 is 0 Å². The zero-order valence-corrected chi connectivity index (χ0v) is 13.2. The number of ether oxygens (including phenoxy) is 1. The normalized spacial score (nSPS) is 23.4. The molecule has 4 nitrogen and oxygen atoms in total. The third-order valence-corrected chi connectivity index (χ3v) is 4.71. The van der Waals surface area contributed by atoms with Crippen molar-refractivity contribution in [1.82, 2.24) is 4.90 Å². The molecule has 0 radical (unpaired) electrons. The highest BCUT2D eigenvalue weighted by Crippen LogP contribution is 2.31. The zero-order chi connectivity index (χ0) is 14.8. The Bertz CT molecular complexity index is 489. The third-order valence-electron chi connectivity index (χ3n) is 4.71. The van der Waals surface area contributed by atoms with E-state index in [1.165, 1.54) is 17.7 Å². The van der Waals surface area contributed by atoms with Gasteiger partial charge in [-0.25, -0.2) is 0 Å². The van der Waals surface area contributed by atoms with Gasteiger partial charge in [-0.1, -0.05) is 6.07 Å². The Morgan fingerprint density at radius 1 is 1.33 bits per heavy atom. The predicted octanol–water partition coefficient (Wildman–Crippen LogP) is 2.13. The quantitative estimate of drug-likeness (QED) is 0.866. The van der Waals surface area contributed by atoms with Crippen LogP contribution in [0.1, 0.15) is 25.8 Å². The maximum atomic E-state index is 6.13. The van der Waals surface area contributed by atoms with Gasteiger partial charge in [0.2, 0.25) is 0 Å². The number of fused-ring (bicyclic) bond motifs is 1. The Morgan fingerprint density at radius 2 is 2.19 bits per heavy atom. The van der Waals surface area contributed by atoms with Crippen LogP contribution in [0.3, 0.4) is 0 Å². The maximum Gasteiger partial charge on any atom is 0.0877 e. The van der Waals surface area contributed by atoms with E-state index in [0.29, 0.717) is 12.1 Å². The van der Waals surface area contributed by atoms with Crippen molar-refractivity contribution in [2.75, 3.05) is 43.4 Å². The fourth-order valence-electron chi connectivity index (χ4n) is 3.48. The Balaban J connectivity index is 1.70. The molecule has 4 heteroatoms. The van der Waals surface area contributed by atoms with E-state index < -0.39 is 0 Å². The molecular weight excluding hydrogens is 262 g/mol. The van der Waals surface area contributed by atoms with E-state index in [1.807, 2.05) is 6.07 Å². The van der Waals surface area contributed by atoms with Crippen LogP contribution in [0.15, 0.2) is 18.2 Å². The fourth-order valence-corrected chi connectivity index (χ4v) is 3.48. The lowest BCUT2D eigenvalue weighted by Crippen LogP contribution is -2.50. The van der Waals surface area contributed by atoms with E-state index in [1.54, 1.807) is 0 Å². The van der Waals surface area contributed by atoms with Gasteiger partial charge in [0, 0.05) is 43.6 Å². The predicted molar refractivity (Wildman–Crippen MR) is 87.8 cm³/mol. The van der Waals surface area contributed by atoms with Crippen molar-refractivity contribution < 1.29 is 4.74 Å². The molecule has 1 atom stereocenters. The van der Waals surface area contributed by atoms with Crippen molar-refractivity contribution in [3.63, 3.8) is 0 Å². The summed E-state index contributed by atoms with van der Waals surface area (Å²) in [4.78, 5) is 4.97. The van der Waals surface area contributed by atoms with Crippen LogP contribution in [0, 0.1) is 0 Å². The second-order valence-electron chi connectivity index (χ2n) is 6.48. The Hall–Kier alpha value is -1.26. The van der Waals surface area contributed by atoms with Crippen LogP contribution in [-0.2, 0) is 11.2 Å². The van der Waals surface area contributed by atoms with Crippen LogP contribution in [-0.4, -0.2) is 49.8 Å². The lowest BCUT2D eigenvalue weighted by atomic mass is 9.99. The maximum absolute atomic E-state index is 6.13. The Labute approximate surface area is 127 Å². The van der Waals surface area contributed by atoms with Gasteiger partial charge in [0.1, 0.15) is 0 Å². The van der Waals surface area contributed by atoms with Gasteiger partial charge in [-0.2, -0.15) is 0 Å². The van der Waals surface area contributed by atoms with Gasteiger partial charge >= 0.3 is 0 Å². The van der Waals surface area contributed by atoms with Gasteiger partial charge in [0.05, 0.1) is 12.7 Å². The average Bonchev–Trinajstić information content (AvgIpc) is 2.49. The molecule has 0 spiro atoms. The Kier molecular flexibility index (Phi) is 4.36. The highest BCUT2D eigenvalue weighted by molar-refractivity contribution is 5.66. The largest absolute Gasteiger partial charge is 0.398 e. The van der Waals surface area contributed by atoms with Gasteiger partial charge in [0.25, 0.3) is 0 Å². The minimum atomic E-state index is 0.300. The summed E-state index contributed by atoms with van der Waals surface area (Å²) in [5, 5.41) is 0. The summed E-state index contributed by atoms with van der Waals surface area (Å²) in [7, 11) is 0. The molecular formula is C17H27N3O. The molecule has 1 saturated heterocycles. The molecule has 0 aliphatic carbocycles. The second kappa shape index (κ2) is 6.24. The van der Waals surface area contributed by atoms with Crippen molar-refractivity contribution in [2.45, 2.75) is 38.8 Å². The summed E-state index contributed by atoms with van der Waals surface area (Å²) < 4.78 is 5.99. The number of anilines is 2. The Morgan fingerprint density at radius 3 is 3.00 bits per heavy atom. The van der Waals surface area contributed by atoms with Crippen LogP contribution in [0.5, 0.6) is 0 Å². The molecule has 0 saturated carbocycles. The molecule has 3 rings (SSSR count). The number of hydrogen-bond donors (Lipinski definition) is 1. The smallest absolute Gasteiger partial charge is 0.0877 e. The molecule has 0 aromatic heterocycles. The first kappa shape index (κ1) is 14.7. The first-order valence-corrected chi connectivity index (χ1v) is 8.13. The van der Waals surface area contributed by atoms with Gasteiger partial charge < -0.3 is 15.4 Å². The summed E-state index contributed by atoms with van der Waals surface area (Å²) in [6, 6.07) is 6.88. The number of morpholine rings is 1. The highest BCUT2D eigenvalue weighted by atomic mass is 16.5. The SMILES string of the molecule is CC(C)N1CCOC(CN2CCCc3c(N)cccc32)C1. The molecule has 1 fully saturated rings. The number of nitrogens with two attached hydrogens (primary N) is 1. The fraction of sp³-hybridized carbons (Fsp3) is 0.647. The minimum absolute atomic E-state index is 0.300. The van der Waals surface area contributed by atoms with E-state index in [2.05, 4.69) is 35.8 Å². The molecule has 116 valence electrons. The molecule has 1 aromatic rings. The summed E-state index contributed by atoms with van der Waals surface area (Å²) in [5.74, 6) is 0. The first-order valence-electron chi connectivity index (χ1n) is 8.13. The van der Waals surface area contributed by atoms with Gasteiger partial charge in [-0.3, -0.25) is 4.90 Å². The number of rotatable bonds is 3. The van der Waals surface area contributed by atoms with Gasteiger partial charge in [0.15, 0.2) is 0 Å². The number of nitrogen functional groups attached to an aromatic ring is 1. The molecule has 2 N–H and O–H groups in total. The van der Waals surface area contributed by atoms with Crippen LogP contribution in [0.4, 0.5) is 11.4 Å². The lowest BCUT2D eigenvalue weighted by Gasteiger charge is -2.40. The summed E-state index contributed by atoms with van der Waals surface area (Å²) in [6.07, 6.45) is 2.58. The van der Waals surface area contributed by atoms with Gasteiger partial charge in [-0.15, -0.1) is 0 Å². The van der Waals surface area contributed by atoms with E-state index in [4.69, 9.17) is 10.5 Å². The number of nitrogens with zero attached hydrogens (tertiary/aromatic N) is 2. The average molecular weight is 289 g/mol. The molecule has 21 heavy (non-hydrogen) atoms. The first-order chi connectivity index (χ1) is 10.1. The zero-order valence-electron chi connectivity index (χ0n) is 13.2. The van der Waals surface area contributed by atoms with E-state index in [0.717, 1.165) is 44.9 Å². The van der Waals surface area contributed by atoms with Crippen molar-refractivity contribution >= 4 is 11.4 Å². The minimum Gasteiger partial charge on any atom is -0.398 e. The van der Waals surface area contributed by atoms with Crippen molar-refractivity contribution in [1.29, 1.82) is 0 Å². The number of hydrogen-bond acceptors (Lipinski definition) is 4. The topological polar surface area (TPSA) is 41.7 Å². The standard InChI is InChI=1S/C17H27N3O/c1-13(2)19-9-10-21-14(11-19)12-20-8-4-5-15-16(18)6-3-7-17(15)20/h3,6-7,13-14H,4-5,8-12,18H2,1-2H3. The highest BCUT2D eigenvalue weighted by Gasteiger charge is 2.26. The molecule has 0 amide bonds. The molecule has 2 heterocycles. The van der Waals surface area contributed by atoms with E-state index in [-0.39, 0.29) is 0 Å². The van der Waals surface area contributed by atoms with Crippen LogP contribution in [0.25, 0.3) is 0 Å². The molecule has 2 aliphatic heterocycles. The summed E-state index contributed by atoms with van der Waals surface area (Å²) in [5.41, 5.74) is 9.70. The van der Waals surface area contributed by atoms with Crippen molar-refractivity contribution in [2.24, 2.45) is 0 Å². The van der Waals surface area contributed by atoms with E-state index >= 15 is 0 Å². The molecule has 1 unspecified atom stereocenters. The molecule has 1 aromatic carbocycles. The monoisotopic (exact) mass is 289 g/mol.